The fourth-order valence-corrected chi connectivity index (χ4v) is 11.4. The van der Waals surface area contributed by atoms with Crippen molar-refractivity contribution in [3.63, 3.8) is 0 Å². The molecular weight excluding hydrogens is 797 g/mol. The maximum absolute atomic E-state index is 2.73. The molecule has 1 aliphatic heterocycles. The molecule has 8 aromatic rings. The predicted octanol–water partition coefficient (Wildman–Crippen LogP) is 15.0. The van der Waals surface area contributed by atoms with Crippen molar-refractivity contribution < 1.29 is 0 Å². The number of benzene rings is 7. The molecule has 0 fully saturated rings. The summed E-state index contributed by atoms with van der Waals surface area (Å²) < 4.78 is 2.58. The third-order valence-electron chi connectivity index (χ3n) is 14.1. The highest BCUT2D eigenvalue weighted by molar-refractivity contribution is 5.94. The lowest BCUT2D eigenvalue weighted by atomic mass is 9.63. The molecule has 66 heavy (non-hydrogen) atoms. The van der Waals surface area contributed by atoms with Crippen LogP contribution in [0.3, 0.4) is 0 Å². The molecule has 2 heteroatoms. The first-order valence-electron chi connectivity index (χ1n) is 24.6. The van der Waals surface area contributed by atoms with E-state index in [0.29, 0.717) is 0 Å². The summed E-state index contributed by atoms with van der Waals surface area (Å²) in [6.07, 6.45) is 14.2. The number of para-hydroxylation sites is 2. The Morgan fingerprint density at radius 3 is 1.76 bits per heavy atom. The highest BCUT2D eigenvalue weighted by Crippen LogP contribution is 2.52. The van der Waals surface area contributed by atoms with Gasteiger partial charge in [-0.2, -0.15) is 0 Å². The molecule has 0 saturated heterocycles. The lowest BCUT2D eigenvalue weighted by molar-refractivity contribution is 0.633. The maximum Gasteiger partial charge on any atom is 0.0742 e. The Labute approximate surface area is 393 Å². The SMILES string of the molecule is CC.CC.CC.CC1(C)c2ccccc2-c2ccc(N(C3C=CC(c4ccccc4)=CC3)C3C=c4c(n5c6c(cccc46)C(c4ccccc4)(c4ccccc4)c4ccccc4-5)=CC3)cc21. The van der Waals surface area contributed by atoms with E-state index in [2.05, 4.69) is 230 Å². The van der Waals surface area contributed by atoms with Crippen LogP contribution in [0.4, 0.5) is 5.69 Å². The van der Waals surface area contributed by atoms with E-state index in [9.17, 15) is 0 Å². The number of hydrogen-bond acceptors (Lipinski definition) is 1. The van der Waals surface area contributed by atoms with Crippen LogP contribution < -0.4 is 15.5 Å². The largest absolute Gasteiger partial charge is 0.358 e. The Bertz CT molecular complexity index is 3140. The van der Waals surface area contributed by atoms with Gasteiger partial charge in [-0.05, 0) is 86.7 Å². The van der Waals surface area contributed by atoms with Crippen molar-refractivity contribution in [2.24, 2.45) is 0 Å². The summed E-state index contributed by atoms with van der Waals surface area (Å²) >= 11 is 0. The van der Waals surface area contributed by atoms with Crippen LogP contribution in [0.25, 0.3) is 45.4 Å². The fourth-order valence-electron chi connectivity index (χ4n) is 11.4. The first kappa shape index (κ1) is 44.3. The van der Waals surface area contributed by atoms with Crippen LogP contribution in [0.1, 0.15) is 107 Å². The van der Waals surface area contributed by atoms with Gasteiger partial charge in [-0.1, -0.05) is 243 Å². The average Bonchev–Trinajstić information content (AvgIpc) is 3.85. The minimum atomic E-state index is -0.481. The van der Waals surface area contributed by atoms with E-state index >= 15 is 0 Å². The lowest BCUT2D eigenvalue weighted by Crippen LogP contribution is -2.46. The molecule has 12 rings (SSSR count). The molecule has 2 unspecified atom stereocenters. The van der Waals surface area contributed by atoms with Crippen LogP contribution in [-0.2, 0) is 10.8 Å². The second kappa shape index (κ2) is 18.5. The smallest absolute Gasteiger partial charge is 0.0742 e. The van der Waals surface area contributed by atoms with E-state index in [1.54, 1.807) is 0 Å². The fraction of sp³-hybridized carbons (Fsp3) is 0.219. The van der Waals surface area contributed by atoms with Gasteiger partial charge in [0.1, 0.15) is 0 Å². The second-order valence-electron chi connectivity index (χ2n) is 17.5. The van der Waals surface area contributed by atoms with Gasteiger partial charge in [0.15, 0.2) is 0 Å². The van der Waals surface area contributed by atoms with E-state index < -0.39 is 5.41 Å². The number of hydrogen-bond donors (Lipinski definition) is 0. The third-order valence-corrected chi connectivity index (χ3v) is 14.1. The van der Waals surface area contributed by atoms with Gasteiger partial charge in [0.05, 0.1) is 28.7 Å². The van der Waals surface area contributed by atoms with Crippen LogP contribution in [0.2, 0.25) is 0 Å². The molecule has 1 aromatic heterocycles. The molecule has 0 radical (unpaired) electrons. The van der Waals surface area contributed by atoms with Gasteiger partial charge in [0.25, 0.3) is 0 Å². The lowest BCUT2D eigenvalue weighted by Gasteiger charge is -2.41. The van der Waals surface area contributed by atoms with Gasteiger partial charge in [-0.25, -0.2) is 0 Å². The molecule has 0 saturated carbocycles. The molecule has 2 nitrogen and oxygen atoms in total. The topological polar surface area (TPSA) is 8.17 Å². The molecule has 2 atom stereocenters. The van der Waals surface area contributed by atoms with Gasteiger partial charge in [0.2, 0.25) is 0 Å². The zero-order chi connectivity index (χ0) is 46.0. The first-order valence-corrected chi connectivity index (χ1v) is 24.6. The van der Waals surface area contributed by atoms with E-state index in [-0.39, 0.29) is 17.5 Å². The van der Waals surface area contributed by atoms with Crippen molar-refractivity contribution in [3.05, 3.63) is 244 Å². The number of fused-ring (bicyclic) bond motifs is 8. The van der Waals surface area contributed by atoms with E-state index in [1.807, 2.05) is 41.5 Å². The summed E-state index contributed by atoms with van der Waals surface area (Å²) in [5, 5.41) is 3.94. The van der Waals surface area contributed by atoms with Crippen LogP contribution in [0.5, 0.6) is 0 Å². The summed E-state index contributed by atoms with van der Waals surface area (Å²) in [7, 11) is 0. The van der Waals surface area contributed by atoms with Gasteiger partial charge in [0, 0.05) is 27.1 Å². The van der Waals surface area contributed by atoms with E-state index in [4.69, 9.17) is 0 Å². The van der Waals surface area contributed by atoms with Gasteiger partial charge < -0.3 is 9.47 Å². The average molecular weight is 861 g/mol. The highest BCUT2D eigenvalue weighted by atomic mass is 15.2. The van der Waals surface area contributed by atoms with Crippen molar-refractivity contribution in [2.75, 3.05) is 4.90 Å². The minimum Gasteiger partial charge on any atom is -0.358 e. The maximum atomic E-state index is 2.73. The third kappa shape index (κ3) is 6.92. The van der Waals surface area contributed by atoms with E-state index in [0.717, 1.165) is 12.8 Å². The summed E-state index contributed by atoms with van der Waals surface area (Å²) in [4.78, 5) is 2.73. The summed E-state index contributed by atoms with van der Waals surface area (Å²) in [6.45, 7) is 16.8. The zero-order valence-corrected chi connectivity index (χ0v) is 40.1. The van der Waals surface area contributed by atoms with Gasteiger partial charge in [-0.3, -0.25) is 0 Å². The normalized spacial score (nSPS) is 17.2. The van der Waals surface area contributed by atoms with Crippen LogP contribution >= 0.6 is 0 Å². The minimum absolute atomic E-state index is 0.0809. The molecule has 0 N–H and O–H groups in total. The Hall–Kier alpha value is -6.90. The standard InChI is InChI=1S/C58H46N2.3C2H6/c1-57(2)50-25-13-12-23-46(50)47-35-33-45(38-53(47)57)59(43-31-29-40(30-32-43)39-17-6-3-7-18-39)44-34-36-54-49(37-44)48-24-16-27-52-56(48)60(54)55-28-15-14-26-51(55)58(52,41-19-8-4-9-20-41)42-21-10-5-11-22-42;3*1-2/h3-31,33,35-38,43-44H,32,34H2,1-2H3;3*1-2H3. The van der Waals surface area contributed by atoms with Crippen molar-refractivity contribution in [1.29, 1.82) is 0 Å². The number of nitrogens with zero attached hydrogens (tertiary/aromatic N) is 2. The first-order chi connectivity index (χ1) is 32.5. The molecule has 3 aliphatic carbocycles. The van der Waals surface area contributed by atoms with Crippen molar-refractivity contribution in [3.8, 4) is 16.8 Å². The number of allylic oxidation sites excluding steroid dienone is 2. The van der Waals surface area contributed by atoms with Crippen LogP contribution in [0, 0.1) is 0 Å². The Balaban J connectivity index is 0.000000879. The van der Waals surface area contributed by atoms with Gasteiger partial charge >= 0.3 is 0 Å². The van der Waals surface area contributed by atoms with Crippen molar-refractivity contribution in [2.45, 2.75) is 91.1 Å². The molecule has 0 amide bonds. The molecule has 2 heterocycles. The van der Waals surface area contributed by atoms with Crippen molar-refractivity contribution >= 4 is 34.3 Å². The molecule has 330 valence electrons. The summed E-state index contributed by atoms with van der Waals surface area (Å²) in [5.41, 5.74) is 16.6. The molecule has 7 aromatic carbocycles. The molecule has 0 bridgehead atoms. The Morgan fingerprint density at radius 1 is 0.515 bits per heavy atom. The van der Waals surface area contributed by atoms with Crippen LogP contribution in [0.15, 0.2) is 194 Å². The Kier molecular flexibility index (Phi) is 12.4. The number of anilines is 1. The predicted molar refractivity (Wildman–Crippen MR) is 284 cm³/mol. The highest BCUT2D eigenvalue weighted by Gasteiger charge is 2.45. The second-order valence-corrected chi connectivity index (χ2v) is 17.5. The Morgan fingerprint density at radius 2 is 1.09 bits per heavy atom. The summed E-state index contributed by atoms with van der Waals surface area (Å²) in [5.74, 6) is 0. The molecule has 0 spiro atoms. The summed E-state index contributed by atoms with van der Waals surface area (Å²) in [6, 6.07) is 65.9. The van der Waals surface area contributed by atoms with Gasteiger partial charge in [-0.15, -0.1) is 0 Å². The van der Waals surface area contributed by atoms with E-state index in [1.165, 1.54) is 88.5 Å². The van der Waals surface area contributed by atoms with Crippen molar-refractivity contribution in [1.82, 2.24) is 4.57 Å². The molecule has 4 aliphatic rings. The monoisotopic (exact) mass is 861 g/mol. The number of rotatable bonds is 6. The number of aromatic nitrogens is 1. The zero-order valence-electron chi connectivity index (χ0n) is 40.1. The quantitative estimate of drug-likeness (QED) is 0.162. The molecular formula is C64H64N2. The van der Waals surface area contributed by atoms with Crippen LogP contribution in [-0.4, -0.2) is 16.7 Å².